The molecule has 1 aromatic heterocycles. The van der Waals surface area contributed by atoms with Crippen LogP contribution in [0.5, 0.6) is 0 Å². The highest BCUT2D eigenvalue weighted by molar-refractivity contribution is 6.29. The quantitative estimate of drug-likeness (QED) is 0.827. The van der Waals surface area contributed by atoms with Crippen molar-refractivity contribution in [3.05, 3.63) is 47.1 Å². The fourth-order valence-corrected chi connectivity index (χ4v) is 1.90. The van der Waals surface area contributed by atoms with Crippen molar-refractivity contribution in [3.8, 4) is 0 Å². The number of anilines is 3. The fraction of sp³-hybridized carbons (Fsp3) is 0.154. The molecule has 0 saturated carbocycles. The number of hydrogen-bond donors (Lipinski definition) is 1. The Morgan fingerprint density at radius 3 is 2.59 bits per heavy atom. The number of nitrogens with two attached hydrogens (primary N) is 1. The van der Waals surface area contributed by atoms with Gasteiger partial charge in [0.15, 0.2) is 5.82 Å². The Balaban J connectivity index is 2.47. The van der Waals surface area contributed by atoms with Crippen molar-refractivity contribution in [2.75, 3.05) is 17.7 Å². The Bertz CT molecular complexity index is 540. The zero-order chi connectivity index (χ0) is 12.4. The van der Waals surface area contributed by atoms with Crippen LogP contribution >= 0.6 is 11.6 Å². The van der Waals surface area contributed by atoms with E-state index in [1.807, 2.05) is 43.1 Å². The second kappa shape index (κ2) is 4.63. The maximum Gasteiger partial charge on any atom is 0.157 e. The Hall–Kier alpha value is -1.74. The van der Waals surface area contributed by atoms with Crippen LogP contribution in [0.3, 0.4) is 0 Å². The summed E-state index contributed by atoms with van der Waals surface area (Å²) >= 11 is 5.89. The molecule has 0 aliphatic heterocycles. The predicted octanol–water partition coefficient (Wildman–Crippen LogP) is 3.39. The van der Waals surface area contributed by atoms with Gasteiger partial charge in [0.05, 0.1) is 5.69 Å². The van der Waals surface area contributed by atoms with Crippen LogP contribution in [-0.4, -0.2) is 12.0 Å². The molecular formula is C13H14ClN3. The Labute approximate surface area is 106 Å². The van der Waals surface area contributed by atoms with Crippen molar-refractivity contribution in [1.82, 2.24) is 4.98 Å². The van der Waals surface area contributed by atoms with E-state index in [1.54, 1.807) is 12.1 Å². The average Bonchev–Trinajstić information content (AvgIpc) is 2.32. The van der Waals surface area contributed by atoms with Crippen LogP contribution in [0.4, 0.5) is 17.2 Å². The van der Waals surface area contributed by atoms with Crippen LogP contribution in [0.1, 0.15) is 5.56 Å². The van der Waals surface area contributed by atoms with Crippen LogP contribution in [0.25, 0.3) is 0 Å². The zero-order valence-electron chi connectivity index (χ0n) is 9.81. The standard InChI is InChI=1S/C13H14ClN3/c1-9-5-3-4-6-11(9)17(2)13-10(15)7-8-12(14)16-13/h3-8H,15H2,1-2H3. The lowest BCUT2D eigenvalue weighted by atomic mass is 10.2. The molecule has 17 heavy (non-hydrogen) atoms. The van der Waals surface area contributed by atoms with Crippen LogP contribution in [-0.2, 0) is 0 Å². The summed E-state index contributed by atoms with van der Waals surface area (Å²) in [7, 11) is 1.93. The summed E-state index contributed by atoms with van der Waals surface area (Å²) in [6.45, 7) is 2.05. The molecule has 0 radical (unpaired) electrons. The summed E-state index contributed by atoms with van der Waals surface area (Å²) in [6, 6.07) is 11.5. The van der Waals surface area contributed by atoms with Crippen LogP contribution in [0, 0.1) is 6.92 Å². The normalized spacial score (nSPS) is 10.3. The minimum Gasteiger partial charge on any atom is -0.396 e. The SMILES string of the molecule is Cc1ccccc1N(C)c1nc(Cl)ccc1N. The summed E-state index contributed by atoms with van der Waals surface area (Å²) in [5.41, 5.74) is 8.75. The fourth-order valence-electron chi connectivity index (χ4n) is 1.76. The molecule has 0 aliphatic carbocycles. The highest BCUT2D eigenvalue weighted by Gasteiger charge is 2.11. The average molecular weight is 248 g/mol. The second-order valence-corrected chi connectivity index (χ2v) is 4.28. The molecule has 4 heteroatoms. The van der Waals surface area contributed by atoms with Gasteiger partial charge in [0.25, 0.3) is 0 Å². The lowest BCUT2D eigenvalue weighted by Crippen LogP contribution is -2.14. The molecule has 88 valence electrons. The summed E-state index contributed by atoms with van der Waals surface area (Å²) in [6.07, 6.45) is 0. The number of nitrogen functional groups attached to an aromatic ring is 1. The minimum atomic E-state index is 0.439. The molecule has 1 aromatic carbocycles. The molecule has 0 spiro atoms. The van der Waals surface area contributed by atoms with E-state index in [0.717, 1.165) is 11.3 Å². The molecule has 0 unspecified atom stereocenters. The monoisotopic (exact) mass is 247 g/mol. The van der Waals surface area contributed by atoms with Gasteiger partial charge in [0.2, 0.25) is 0 Å². The van der Waals surface area contributed by atoms with Crippen LogP contribution in [0.15, 0.2) is 36.4 Å². The molecule has 2 N–H and O–H groups in total. The van der Waals surface area contributed by atoms with Crippen molar-refractivity contribution in [3.63, 3.8) is 0 Å². The molecular weight excluding hydrogens is 234 g/mol. The minimum absolute atomic E-state index is 0.439. The molecule has 2 aromatic rings. The van der Waals surface area contributed by atoms with Gasteiger partial charge in [-0.15, -0.1) is 0 Å². The molecule has 0 aliphatic rings. The van der Waals surface area contributed by atoms with Gasteiger partial charge < -0.3 is 10.6 Å². The third-order valence-electron chi connectivity index (χ3n) is 2.67. The zero-order valence-corrected chi connectivity index (χ0v) is 10.6. The van der Waals surface area contributed by atoms with E-state index in [4.69, 9.17) is 17.3 Å². The van der Waals surface area contributed by atoms with Gasteiger partial charge in [-0.05, 0) is 30.7 Å². The molecule has 0 bridgehead atoms. The Kier molecular flexibility index (Phi) is 3.20. The number of aromatic nitrogens is 1. The molecule has 0 atom stereocenters. The van der Waals surface area contributed by atoms with E-state index in [0.29, 0.717) is 16.7 Å². The molecule has 0 saturated heterocycles. The van der Waals surface area contributed by atoms with E-state index >= 15 is 0 Å². The van der Waals surface area contributed by atoms with Crippen molar-refractivity contribution < 1.29 is 0 Å². The van der Waals surface area contributed by atoms with E-state index in [9.17, 15) is 0 Å². The van der Waals surface area contributed by atoms with Crippen molar-refractivity contribution in [2.24, 2.45) is 0 Å². The lowest BCUT2D eigenvalue weighted by Gasteiger charge is -2.21. The predicted molar refractivity (Wildman–Crippen MR) is 72.9 cm³/mol. The maximum absolute atomic E-state index is 5.91. The van der Waals surface area contributed by atoms with Crippen molar-refractivity contribution >= 4 is 28.8 Å². The van der Waals surface area contributed by atoms with Gasteiger partial charge in [-0.2, -0.15) is 0 Å². The number of benzene rings is 1. The van der Waals surface area contributed by atoms with E-state index in [1.165, 1.54) is 0 Å². The van der Waals surface area contributed by atoms with E-state index < -0.39 is 0 Å². The largest absolute Gasteiger partial charge is 0.396 e. The number of nitrogens with zero attached hydrogens (tertiary/aromatic N) is 2. The van der Waals surface area contributed by atoms with E-state index in [2.05, 4.69) is 4.98 Å². The Morgan fingerprint density at radius 1 is 1.18 bits per heavy atom. The number of aryl methyl sites for hydroxylation is 1. The first-order chi connectivity index (χ1) is 8.09. The number of pyridine rings is 1. The summed E-state index contributed by atoms with van der Waals surface area (Å²) in [5, 5.41) is 0.439. The number of halogens is 1. The van der Waals surface area contributed by atoms with Gasteiger partial charge in [-0.3, -0.25) is 0 Å². The Morgan fingerprint density at radius 2 is 1.88 bits per heavy atom. The van der Waals surface area contributed by atoms with Gasteiger partial charge in [0, 0.05) is 12.7 Å². The van der Waals surface area contributed by atoms with Gasteiger partial charge in [-0.25, -0.2) is 4.98 Å². The molecule has 3 nitrogen and oxygen atoms in total. The number of hydrogen-bond acceptors (Lipinski definition) is 3. The second-order valence-electron chi connectivity index (χ2n) is 3.89. The van der Waals surface area contributed by atoms with Gasteiger partial charge in [0.1, 0.15) is 5.15 Å². The van der Waals surface area contributed by atoms with Gasteiger partial charge >= 0.3 is 0 Å². The third-order valence-corrected chi connectivity index (χ3v) is 2.88. The van der Waals surface area contributed by atoms with E-state index in [-0.39, 0.29) is 0 Å². The summed E-state index contributed by atoms with van der Waals surface area (Å²) in [4.78, 5) is 6.20. The van der Waals surface area contributed by atoms with Crippen molar-refractivity contribution in [2.45, 2.75) is 6.92 Å². The highest BCUT2D eigenvalue weighted by Crippen LogP contribution is 2.29. The number of para-hydroxylation sites is 1. The first-order valence-corrected chi connectivity index (χ1v) is 5.69. The van der Waals surface area contributed by atoms with Crippen LogP contribution in [0.2, 0.25) is 5.15 Å². The highest BCUT2D eigenvalue weighted by atomic mass is 35.5. The summed E-state index contributed by atoms with van der Waals surface area (Å²) in [5.74, 6) is 0.673. The molecule has 2 rings (SSSR count). The molecule has 1 heterocycles. The maximum atomic E-state index is 5.91. The van der Waals surface area contributed by atoms with Crippen LogP contribution < -0.4 is 10.6 Å². The first kappa shape index (κ1) is 11.7. The first-order valence-electron chi connectivity index (χ1n) is 5.31. The number of rotatable bonds is 2. The summed E-state index contributed by atoms with van der Waals surface area (Å²) < 4.78 is 0. The molecule has 0 fully saturated rings. The van der Waals surface area contributed by atoms with Gasteiger partial charge in [-0.1, -0.05) is 29.8 Å². The smallest absolute Gasteiger partial charge is 0.157 e. The van der Waals surface area contributed by atoms with Crippen molar-refractivity contribution in [1.29, 1.82) is 0 Å². The molecule has 0 amide bonds. The third kappa shape index (κ3) is 2.34. The topological polar surface area (TPSA) is 42.2 Å². The lowest BCUT2D eigenvalue weighted by molar-refractivity contribution is 1.12.